The largest absolute Gasteiger partial charge is 0.416 e. The summed E-state index contributed by atoms with van der Waals surface area (Å²) in [5.74, 6) is -0.430. The van der Waals surface area contributed by atoms with E-state index in [0.717, 1.165) is 6.07 Å². The van der Waals surface area contributed by atoms with Crippen molar-refractivity contribution >= 4 is 5.78 Å². The Morgan fingerprint density at radius 1 is 1.33 bits per heavy atom. The van der Waals surface area contributed by atoms with E-state index in [9.17, 15) is 18.0 Å². The predicted octanol–water partition coefficient (Wildman–Crippen LogP) is 3.76. The fourth-order valence-corrected chi connectivity index (χ4v) is 1.65. The molecule has 100 valence electrons. The zero-order valence-corrected chi connectivity index (χ0v) is 10.3. The SMILES string of the molecule is CCCOC(C(C)=O)c1ccccc1C(F)(F)F. The third-order valence-corrected chi connectivity index (χ3v) is 2.41. The van der Waals surface area contributed by atoms with Crippen molar-refractivity contribution < 1.29 is 22.7 Å². The molecule has 0 N–H and O–H groups in total. The minimum absolute atomic E-state index is 0.119. The number of ether oxygens (including phenoxy) is 1. The predicted molar refractivity (Wildman–Crippen MR) is 61.1 cm³/mol. The summed E-state index contributed by atoms with van der Waals surface area (Å²) >= 11 is 0. The van der Waals surface area contributed by atoms with Gasteiger partial charge in [-0.2, -0.15) is 13.2 Å². The highest BCUT2D eigenvalue weighted by Gasteiger charge is 2.36. The van der Waals surface area contributed by atoms with E-state index in [1.165, 1.54) is 25.1 Å². The highest BCUT2D eigenvalue weighted by molar-refractivity contribution is 5.82. The molecule has 0 aliphatic heterocycles. The number of Topliss-reactive ketones (excluding diaryl/α,β-unsaturated/α-hetero) is 1. The minimum Gasteiger partial charge on any atom is -0.366 e. The minimum atomic E-state index is -4.49. The highest BCUT2D eigenvalue weighted by atomic mass is 19.4. The first-order valence-electron chi connectivity index (χ1n) is 5.66. The highest BCUT2D eigenvalue weighted by Crippen LogP contribution is 2.35. The van der Waals surface area contributed by atoms with Crippen LogP contribution in [0.4, 0.5) is 13.2 Å². The Morgan fingerprint density at radius 3 is 2.44 bits per heavy atom. The third-order valence-electron chi connectivity index (χ3n) is 2.41. The van der Waals surface area contributed by atoms with Crippen molar-refractivity contribution in [3.05, 3.63) is 35.4 Å². The van der Waals surface area contributed by atoms with Gasteiger partial charge in [0.15, 0.2) is 5.78 Å². The maximum atomic E-state index is 12.8. The van der Waals surface area contributed by atoms with E-state index in [4.69, 9.17) is 4.74 Å². The van der Waals surface area contributed by atoms with Gasteiger partial charge in [-0.1, -0.05) is 25.1 Å². The van der Waals surface area contributed by atoms with Crippen molar-refractivity contribution in [3.8, 4) is 0 Å². The molecule has 0 aromatic heterocycles. The fourth-order valence-electron chi connectivity index (χ4n) is 1.65. The monoisotopic (exact) mass is 260 g/mol. The van der Waals surface area contributed by atoms with E-state index in [0.29, 0.717) is 6.42 Å². The van der Waals surface area contributed by atoms with E-state index in [1.807, 2.05) is 6.92 Å². The first kappa shape index (κ1) is 14.7. The van der Waals surface area contributed by atoms with E-state index < -0.39 is 23.6 Å². The maximum absolute atomic E-state index is 12.8. The second-order valence-corrected chi connectivity index (χ2v) is 3.95. The van der Waals surface area contributed by atoms with Crippen LogP contribution in [0.2, 0.25) is 0 Å². The van der Waals surface area contributed by atoms with Gasteiger partial charge in [-0.25, -0.2) is 0 Å². The average molecular weight is 260 g/mol. The van der Waals surface area contributed by atoms with Crippen LogP contribution in [0.25, 0.3) is 0 Å². The van der Waals surface area contributed by atoms with Crippen molar-refractivity contribution in [1.82, 2.24) is 0 Å². The number of halogens is 3. The maximum Gasteiger partial charge on any atom is 0.416 e. The second-order valence-electron chi connectivity index (χ2n) is 3.95. The van der Waals surface area contributed by atoms with E-state index in [-0.39, 0.29) is 12.2 Å². The Balaban J connectivity index is 3.16. The molecule has 0 spiro atoms. The van der Waals surface area contributed by atoms with Crippen LogP contribution in [-0.4, -0.2) is 12.4 Å². The molecule has 0 fully saturated rings. The van der Waals surface area contributed by atoms with Gasteiger partial charge in [-0.3, -0.25) is 4.79 Å². The van der Waals surface area contributed by atoms with Gasteiger partial charge in [-0.05, 0) is 19.4 Å². The summed E-state index contributed by atoms with van der Waals surface area (Å²) in [6.07, 6.45) is -5.00. The van der Waals surface area contributed by atoms with Gasteiger partial charge in [0.2, 0.25) is 0 Å². The summed E-state index contributed by atoms with van der Waals surface area (Å²) in [6, 6.07) is 5.00. The molecular weight excluding hydrogens is 245 g/mol. The molecule has 1 aromatic rings. The van der Waals surface area contributed by atoms with Crippen LogP contribution >= 0.6 is 0 Å². The molecule has 1 unspecified atom stereocenters. The van der Waals surface area contributed by atoms with Crippen LogP contribution in [0.3, 0.4) is 0 Å². The Hall–Kier alpha value is -1.36. The zero-order valence-electron chi connectivity index (χ0n) is 10.3. The molecule has 0 aliphatic rings. The molecule has 1 atom stereocenters. The first-order valence-corrected chi connectivity index (χ1v) is 5.66. The normalized spacial score (nSPS) is 13.4. The van der Waals surface area contributed by atoms with Crippen LogP contribution in [0, 0.1) is 0 Å². The van der Waals surface area contributed by atoms with Crippen LogP contribution in [0.15, 0.2) is 24.3 Å². The molecule has 0 heterocycles. The number of alkyl halides is 3. The Morgan fingerprint density at radius 2 is 1.94 bits per heavy atom. The van der Waals surface area contributed by atoms with Gasteiger partial charge in [-0.15, -0.1) is 0 Å². The lowest BCUT2D eigenvalue weighted by molar-refractivity contribution is -0.141. The molecule has 18 heavy (non-hydrogen) atoms. The first-order chi connectivity index (χ1) is 8.38. The molecule has 2 nitrogen and oxygen atoms in total. The van der Waals surface area contributed by atoms with E-state index in [1.54, 1.807) is 0 Å². The Bertz CT molecular complexity index is 413. The van der Waals surface area contributed by atoms with E-state index in [2.05, 4.69) is 0 Å². The molecule has 0 bridgehead atoms. The number of carbonyl (C=O) groups excluding carboxylic acids is 1. The van der Waals surface area contributed by atoms with Gasteiger partial charge >= 0.3 is 6.18 Å². The summed E-state index contributed by atoms with van der Waals surface area (Å²) in [6.45, 7) is 3.30. The number of rotatable bonds is 5. The van der Waals surface area contributed by atoms with Gasteiger partial charge in [0.05, 0.1) is 5.56 Å². The lowest BCUT2D eigenvalue weighted by atomic mass is 9.99. The average Bonchev–Trinajstić information content (AvgIpc) is 2.28. The Labute approximate surface area is 104 Å². The summed E-state index contributed by atoms with van der Waals surface area (Å²) in [7, 11) is 0. The molecule has 1 rings (SSSR count). The summed E-state index contributed by atoms with van der Waals surface area (Å²) < 4.78 is 43.7. The summed E-state index contributed by atoms with van der Waals surface area (Å²) in [4.78, 5) is 11.4. The summed E-state index contributed by atoms with van der Waals surface area (Å²) in [5.41, 5.74) is -0.938. The van der Waals surface area contributed by atoms with Gasteiger partial charge in [0, 0.05) is 12.2 Å². The molecular formula is C13H15F3O2. The standard InChI is InChI=1S/C13H15F3O2/c1-3-8-18-12(9(2)17)10-6-4-5-7-11(10)13(14,15)16/h4-7,12H,3,8H2,1-2H3. The number of carbonyl (C=O) groups is 1. The summed E-state index contributed by atoms with van der Waals surface area (Å²) in [5, 5.41) is 0. The van der Waals surface area contributed by atoms with Gasteiger partial charge < -0.3 is 4.74 Å². The number of hydrogen-bond donors (Lipinski definition) is 0. The van der Waals surface area contributed by atoms with Crippen LogP contribution in [0.5, 0.6) is 0 Å². The van der Waals surface area contributed by atoms with Crippen molar-refractivity contribution in [2.24, 2.45) is 0 Å². The van der Waals surface area contributed by atoms with Gasteiger partial charge in [0.25, 0.3) is 0 Å². The van der Waals surface area contributed by atoms with Crippen molar-refractivity contribution in [3.63, 3.8) is 0 Å². The van der Waals surface area contributed by atoms with Crippen LogP contribution in [-0.2, 0) is 15.7 Å². The molecule has 0 saturated heterocycles. The molecule has 0 amide bonds. The van der Waals surface area contributed by atoms with Crippen molar-refractivity contribution in [1.29, 1.82) is 0 Å². The van der Waals surface area contributed by atoms with Crippen molar-refractivity contribution in [2.75, 3.05) is 6.61 Å². The molecule has 0 aliphatic carbocycles. The zero-order chi connectivity index (χ0) is 13.8. The second kappa shape index (κ2) is 6.00. The van der Waals surface area contributed by atoms with Gasteiger partial charge in [0.1, 0.15) is 6.10 Å². The number of ketones is 1. The number of benzene rings is 1. The van der Waals surface area contributed by atoms with E-state index >= 15 is 0 Å². The smallest absolute Gasteiger partial charge is 0.366 e. The third kappa shape index (κ3) is 3.57. The molecule has 5 heteroatoms. The van der Waals surface area contributed by atoms with Crippen molar-refractivity contribution in [2.45, 2.75) is 32.5 Å². The Kier molecular flexibility index (Phi) is 4.90. The van der Waals surface area contributed by atoms with Crippen LogP contribution in [0.1, 0.15) is 37.5 Å². The van der Waals surface area contributed by atoms with Crippen LogP contribution < -0.4 is 0 Å². The molecule has 0 radical (unpaired) electrons. The lowest BCUT2D eigenvalue weighted by Gasteiger charge is -2.19. The number of hydrogen-bond acceptors (Lipinski definition) is 2. The lowest BCUT2D eigenvalue weighted by Crippen LogP contribution is -2.19. The quantitative estimate of drug-likeness (QED) is 0.805. The topological polar surface area (TPSA) is 26.3 Å². The fraction of sp³-hybridized carbons (Fsp3) is 0.462. The molecule has 1 aromatic carbocycles. The molecule has 0 saturated carbocycles.